The number of Topliss-reactive ketones (excluding diaryl/α,β-unsaturated/α-hetero) is 1. The van der Waals surface area contributed by atoms with Crippen LogP contribution in [0, 0.1) is 22.2 Å². The summed E-state index contributed by atoms with van der Waals surface area (Å²) >= 11 is 0. The van der Waals surface area contributed by atoms with Crippen LogP contribution in [0.25, 0.3) is 11.4 Å². The Morgan fingerprint density at radius 2 is 1.89 bits per heavy atom. The number of carbonyl (C=O) groups is 1. The van der Waals surface area contributed by atoms with E-state index < -0.39 is 10.8 Å². The smallest absolute Gasteiger partial charge is 0.256 e. The number of benzene rings is 1. The van der Waals surface area contributed by atoms with E-state index in [0.717, 1.165) is 24.1 Å². The Hall–Kier alpha value is -3.00. The number of nitriles is 1. The molecule has 0 radical (unpaired) electrons. The Morgan fingerprint density at radius 3 is 2.57 bits per heavy atom. The summed E-state index contributed by atoms with van der Waals surface area (Å²) in [6.45, 7) is 4.03. The molecule has 140 valence electrons. The molecule has 28 heavy (non-hydrogen) atoms. The number of ketones is 1. The molecule has 2 aromatic rings. The highest BCUT2D eigenvalue weighted by atomic mass is 16.1. The highest BCUT2D eigenvalue weighted by Gasteiger charge is 2.78. The number of rotatable bonds is 1. The molecular formula is C23H21N3O2. The van der Waals surface area contributed by atoms with E-state index in [4.69, 9.17) is 4.98 Å². The van der Waals surface area contributed by atoms with E-state index >= 15 is 0 Å². The molecule has 0 aliphatic heterocycles. The number of aromatic nitrogens is 2. The molecule has 0 saturated heterocycles. The zero-order chi connectivity index (χ0) is 19.9. The zero-order valence-corrected chi connectivity index (χ0v) is 16.2. The monoisotopic (exact) mass is 371 g/mol. The van der Waals surface area contributed by atoms with Gasteiger partial charge in [-0.25, -0.2) is 4.98 Å². The number of nitrogens with zero attached hydrogens (tertiary/aromatic N) is 3. The Bertz CT molecular complexity index is 1190. The summed E-state index contributed by atoms with van der Waals surface area (Å²) in [5, 5.41) is 9.57. The van der Waals surface area contributed by atoms with Crippen molar-refractivity contribution in [3.63, 3.8) is 0 Å². The van der Waals surface area contributed by atoms with E-state index in [1.165, 1.54) is 0 Å². The van der Waals surface area contributed by atoms with Crippen molar-refractivity contribution in [2.45, 2.75) is 38.5 Å². The molecule has 3 aliphatic carbocycles. The van der Waals surface area contributed by atoms with Crippen LogP contribution in [0.1, 0.15) is 37.9 Å². The molecule has 5 nitrogen and oxygen atoms in total. The van der Waals surface area contributed by atoms with Gasteiger partial charge in [0.2, 0.25) is 0 Å². The third-order valence-electron chi connectivity index (χ3n) is 7.59. The number of carbonyl (C=O) groups excluding carboxylic acids is 1. The normalized spacial score (nSPS) is 32.5. The van der Waals surface area contributed by atoms with Crippen molar-refractivity contribution in [2.75, 3.05) is 0 Å². The molecule has 0 N–H and O–H groups in total. The number of hydrogen-bond donors (Lipinski definition) is 0. The van der Waals surface area contributed by atoms with Gasteiger partial charge in [-0.1, -0.05) is 43.3 Å². The van der Waals surface area contributed by atoms with Gasteiger partial charge < -0.3 is 0 Å². The predicted molar refractivity (Wildman–Crippen MR) is 104 cm³/mol. The first kappa shape index (κ1) is 17.1. The molecule has 3 aliphatic rings. The molecule has 1 aromatic carbocycles. The topological polar surface area (TPSA) is 75.8 Å². The van der Waals surface area contributed by atoms with Gasteiger partial charge in [-0.15, -0.1) is 0 Å². The Morgan fingerprint density at radius 1 is 1.18 bits per heavy atom. The van der Waals surface area contributed by atoms with Gasteiger partial charge in [0.05, 0.1) is 11.3 Å². The summed E-state index contributed by atoms with van der Waals surface area (Å²) in [5.41, 5.74) is 1.12. The van der Waals surface area contributed by atoms with Crippen molar-refractivity contribution in [2.24, 2.45) is 17.9 Å². The van der Waals surface area contributed by atoms with Gasteiger partial charge in [-0.05, 0) is 31.6 Å². The summed E-state index contributed by atoms with van der Waals surface area (Å²) in [4.78, 5) is 31.1. The molecule has 1 saturated carbocycles. The fourth-order valence-corrected chi connectivity index (χ4v) is 5.89. The predicted octanol–water partition coefficient (Wildman–Crippen LogP) is 3.08. The third kappa shape index (κ3) is 1.74. The lowest BCUT2D eigenvalue weighted by Gasteiger charge is -2.45. The summed E-state index contributed by atoms with van der Waals surface area (Å²) < 4.78 is 1.62. The Kier molecular flexibility index (Phi) is 3.11. The van der Waals surface area contributed by atoms with Gasteiger partial charge in [0, 0.05) is 29.0 Å². The van der Waals surface area contributed by atoms with Crippen molar-refractivity contribution in [3.05, 3.63) is 63.6 Å². The Balaban J connectivity index is 1.83. The minimum atomic E-state index is -0.592. The molecule has 5 heteroatoms. The fraction of sp³-hybridized carbons (Fsp3) is 0.391. The number of fused-ring (bicyclic) bond motifs is 2. The van der Waals surface area contributed by atoms with Gasteiger partial charge >= 0.3 is 0 Å². The molecule has 0 bridgehead atoms. The van der Waals surface area contributed by atoms with E-state index in [0.29, 0.717) is 17.8 Å². The van der Waals surface area contributed by atoms with Crippen molar-refractivity contribution in [3.8, 4) is 17.5 Å². The van der Waals surface area contributed by atoms with Gasteiger partial charge in [-0.3, -0.25) is 14.2 Å². The van der Waals surface area contributed by atoms with Crippen molar-refractivity contribution in [1.29, 1.82) is 5.26 Å². The van der Waals surface area contributed by atoms with Crippen LogP contribution in [-0.2, 0) is 23.7 Å². The second-order valence-electron chi connectivity index (χ2n) is 8.79. The maximum absolute atomic E-state index is 13.2. The van der Waals surface area contributed by atoms with Crippen LogP contribution < -0.4 is 5.56 Å². The first-order chi connectivity index (χ1) is 13.3. The average Bonchev–Trinajstić information content (AvgIpc) is 3.34. The largest absolute Gasteiger partial charge is 0.296 e. The third-order valence-corrected chi connectivity index (χ3v) is 7.59. The van der Waals surface area contributed by atoms with Crippen LogP contribution in [0.2, 0.25) is 0 Å². The van der Waals surface area contributed by atoms with Gasteiger partial charge in [0.25, 0.3) is 5.56 Å². The average molecular weight is 371 g/mol. The SMILES string of the molecule is Cn1c(-c2ccccc2)nc2c(c1=O)CCC13CC1(C)C(=O)C(C#N)=CC23C. The summed E-state index contributed by atoms with van der Waals surface area (Å²) in [6, 6.07) is 11.8. The fourth-order valence-electron chi connectivity index (χ4n) is 5.89. The lowest BCUT2D eigenvalue weighted by atomic mass is 9.57. The van der Waals surface area contributed by atoms with Crippen LogP contribution in [0.4, 0.5) is 0 Å². The highest BCUT2D eigenvalue weighted by molar-refractivity contribution is 6.07. The molecule has 1 spiro atoms. The van der Waals surface area contributed by atoms with E-state index in [-0.39, 0.29) is 22.3 Å². The number of hydrogen-bond acceptors (Lipinski definition) is 4. The van der Waals surface area contributed by atoms with E-state index in [2.05, 4.69) is 13.0 Å². The van der Waals surface area contributed by atoms with Gasteiger partial charge in [0.1, 0.15) is 11.9 Å². The molecule has 5 rings (SSSR count). The summed E-state index contributed by atoms with van der Waals surface area (Å²) in [6.07, 6.45) is 3.94. The quantitative estimate of drug-likeness (QED) is 0.772. The number of allylic oxidation sites excluding steroid dienone is 2. The van der Waals surface area contributed by atoms with Crippen LogP contribution in [0.15, 0.2) is 46.8 Å². The second-order valence-corrected chi connectivity index (χ2v) is 8.79. The molecular weight excluding hydrogens is 350 g/mol. The van der Waals surface area contributed by atoms with E-state index in [1.54, 1.807) is 17.7 Å². The molecule has 0 amide bonds. The van der Waals surface area contributed by atoms with Gasteiger partial charge in [0.15, 0.2) is 5.78 Å². The van der Waals surface area contributed by atoms with E-state index in [9.17, 15) is 14.9 Å². The second kappa shape index (κ2) is 5.08. The molecule has 3 unspecified atom stereocenters. The van der Waals surface area contributed by atoms with E-state index in [1.807, 2.05) is 37.3 Å². The van der Waals surface area contributed by atoms with Crippen molar-refractivity contribution < 1.29 is 4.79 Å². The van der Waals surface area contributed by atoms with Crippen LogP contribution >= 0.6 is 0 Å². The minimum absolute atomic E-state index is 0.0360. The molecule has 1 fully saturated rings. The molecule has 3 atom stereocenters. The minimum Gasteiger partial charge on any atom is -0.296 e. The van der Waals surface area contributed by atoms with Crippen LogP contribution in [0.5, 0.6) is 0 Å². The standard InChI is InChI=1S/C23H21N3O2/c1-21-11-15(12-24)18(27)22(2)13-23(21,22)10-9-16-17(21)25-19(26(3)20(16)28)14-7-5-4-6-8-14/h4-8,11H,9-10,13H2,1-3H3. The molecule has 1 aromatic heterocycles. The summed E-state index contributed by atoms with van der Waals surface area (Å²) in [7, 11) is 1.76. The zero-order valence-electron chi connectivity index (χ0n) is 16.2. The summed E-state index contributed by atoms with van der Waals surface area (Å²) in [5.74, 6) is 0.567. The van der Waals surface area contributed by atoms with Crippen LogP contribution in [-0.4, -0.2) is 15.3 Å². The first-order valence-electron chi connectivity index (χ1n) is 9.63. The maximum Gasteiger partial charge on any atom is 0.256 e. The lowest BCUT2D eigenvalue weighted by molar-refractivity contribution is -0.122. The first-order valence-corrected chi connectivity index (χ1v) is 9.63. The van der Waals surface area contributed by atoms with Crippen LogP contribution in [0.3, 0.4) is 0 Å². The lowest BCUT2D eigenvalue weighted by Crippen LogP contribution is -2.48. The van der Waals surface area contributed by atoms with Gasteiger partial charge in [-0.2, -0.15) is 5.26 Å². The Labute approximate surface area is 163 Å². The van der Waals surface area contributed by atoms with Crippen molar-refractivity contribution in [1.82, 2.24) is 9.55 Å². The molecule has 1 heterocycles. The highest BCUT2D eigenvalue weighted by Crippen LogP contribution is 2.78. The maximum atomic E-state index is 13.2. The van der Waals surface area contributed by atoms with Crippen molar-refractivity contribution >= 4 is 5.78 Å².